The zero-order chi connectivity index (χ0) is 19.6. The van der Waals surface area contributed by atoms with Gasteiger partial charge in [-0.25, -0.2) is 4.98 Å². The molecule has 0 fully saturated rings. The number of H-pyrrole nitrogens is 1. The van der Waals surface area contributed by atoms with Gasteiger partial charge in [0.1, 0.15) is 11.4 Å². The smallest absolute Gasteiger partial charge is 0.419 e. The summed E-state index contributed by atoms with van der Waals surface area (Å²) in [5.74, 6) is 0.537. The highest BCUT2D eigenvalue weighted by Crippen LogP contribution is 2.40. The monoisotopic (exact) mass is 376 g/mol. The molecule has 1 aromatic carbocycles. The third-order valence-electron chi connectivity index (χ3n) is 4.45. The minimum Gasteiger partial charge on any atom is -0.493 e. The minimum atomic E-state index is -4.49. The molecule has 0 saturated heterocycles. The van der Waals surface area contributed by atoms with Crippen LogP contribution < -0.4 is 4.74 Å². The van der Waals surface area contributed by atoms with Crippen LogP contribution >= 0.6 is 0 Å². The first-order chi connectivity index (χ1) is 12.8. The van der Waals surface area contributed by atoms with Crippen molar-refractivity contribution < 1.29 is 17.9 Å². The number of rotatable bonds is 6. The highest BCUT2D eigenvalue weighted by molar-refractivity contribution is 5.93. The molecule has 0 aliphatic heterocycles. The number of fused-ring (bicyclic) bond motifs is 1. The molecule has 0 saturated carbocycles. The van der Waals surface area contributed by atoms with E-state index in [0.29, 0.717) is 22.7 Å². The van der Waals surface area contributed by atoms with Gasteiger partial charge in [0.05, 0.1) is 12.2 Å². The summed E-state index contributed by atoms with van der Waals surface area (Å²) in [4.78, 5) is 7.16. The average Bonchev–Trinajstić information content (AvgIpc) is 3.07. The number of nitrogens with one attached hydrogen (secondary N) is 1. The first-order valence-electron chi connectivity index (χ1n) is 9.02. The van der Waals surface area contributed by atoms with Gasteiger partial charge in [-0.3, -0.25) is 0 Å². The molecule has 27 heavy (non-hydrogen) atoms. The van der Waals surface area contributed by atoms with Crippen molar-refractivity contribution in [1.29, 1.82) is 0 Å². The second-order valence-corrected chi connectivity index (χ2v) is 7.35. The molecule has 3 aromatic rings. The molecule has 2 heterocycles. The second-order valence-electron chi connectivity index (χ2n) is 7.35. The Bertz CT molecular complexity index is 915. The molecule has 3 nitrogen and oxygen atoms in total. The highest BCUT2D eigenvalue weighted by atomic mass is 19.4. The molecule has 144 valence electrons. The van der Waals surface area contributed by atoms with E-state index in [4.69, 9.17) is 4.74 Å². The molecule has 0 aliphatic carbocycles. The van der Waals surface area contributed by atoms with E-state index in [1.165, 1.54) is 6.07 Å². The van der Waals surface area contributed by atoms with Gasteiger partial charge in [-0.05, 0) is 53.6 Å². The zero-order valence-corrected chi connectivity index (χ0v) is 15.6. The van der Waals surface area contributed by atoms with Crippen molar-refractivity contribution in [2.75, 3.05) is 6.61 Å². The summed E-state index contributed by atoms with van der Waals surface area (Å²) in [6, 6.07) is 7.77. The van der Waals surface area contributed by atoms with Crippen molar-refractivity contribution in [2.24, 2.45) is 11.8 Å². The van der Waals surface area contributed by atoms with Gasteiger partial charge in [0.15, 0.2) is 0 Å². The Morgan fingerprint density at radius 3 is 2.59 bits per heavy atom. The lowest BCUT2D eigenvalue weighted by Crippen LogP contribution is -2.14. The van der Waals surface area contributed by atoms with E-state index in [0.717, 1.165) is 17.9 Å². The maximum Gasteiger partial charge on any atom is 0.419 e. The molecular weight excluding hydrogens is 353 g/mol. The number of aromatic nitrogens is 2. The number of alkyl halides is 3. The lowest BCUT2D eigenvalue weighted by atomic mass is 9.99. The predicted octanol–water partition coefficient (Wildman–Crippen LogP) is 6.31. The van der Waals surface area contributed by atoms with Gasteiger partial charge in [-0.15, -0.1) is 0 Å². The summed E-state index contributed by atoms with van der Waals surface area (Å²) in [6.07, 6.45) is -0.280. The molecule has 2 aromatic heterocycles. The highest BCUT2D eigenvalue weighted by Gasteiger charge is 2.35. The fraction of sp³-hybridized carbons (Fsp3) is 0.381. The van der Waals surface area contributed by atoms with E-state index in [9.17, 15) is 13.2 Å². The van der Waals surface area contributed by atoms with Gasteiger partial charge in [0.2, 0.25) is 0 Å². The van der Waals surface area contributed by atoms with E-state index in [1.807, 2.05) is 13.0 Å². The van der Waals surface area contributed by atoms with E-state index < -0.39 is 11.7 Å². The molecule has 3 rings (SSSR count). The third-order valence-corrected chi connectivity index (χ3v) is 4.45. The Labute approximate surface area is 156 Å². The molecule has 6 heteroatoms. The number of hydrogen-bond acceptors (Lipinski definition) is 2. The summed E-state index contributed by atoms with van der Waals surface area (Å²) in [7, 11) is 0. The van der Waals surface area contributed by atoms with Crippen molar-refractivity contribution >= 4 is 11.0 Å². The number of nitrogens with zero attached hydrogens (tertiary/aromatic N) is 1. The quantitative estimate of drug-likeness (QED) is 0.547. The first-order valence-corrected chi connectivity index (χ1v) is 9.02. The van der Waals surface area contributed by atoms with Crippen LogP contribution in [0.25, 0.3) is 22.2 Å². The fourth-order valence-corrected chi connectivity index (χ4v) is 3.36. The molecule has 0 radical (unpaired) electrons. The third kappa shape index (κ3) is 4.43. The maximum atomic E-state index is 13.6. The van der Waals surface area contributed by atoms with Crippen LogP contribution in [0.2, 0.25) is 0 Å². The summed E-state index contributed by atoms with van der Waals surface area (Å²) in [5.41, 5.74) is 1.07. The minimum absolute atomic E-state index is 0.124. The topological polar surface area (TPSA) is 37.9 Å². The van der Waals surface area contributed by atoms with Gasteiger partial charge >= 0.3 is 6.18 Å². The van der Waals surface area contributed by atoms with Crippen LogP contribution in [0.5, 0.6) is 5.75 Å². The molecule has 0 bridgehead atoms. The average molecular weight is 376 g/mol. The van der Waals surface area contributed by atoms with Crippen molar-refractivity contribution in [3.05, 3.63) is 48.3 Å². The van der Waals surface area contributed by atoms with E-state index in [2.05, 4.69) is 23.8 Å². The van der Waals surface area contributed by atoms with Gasteiger partial charge in [-0.1, -0.05) is 26.8 Å². The largest absolute Gasteiger partial charge is 0.493 e. The number of benzene rings is 1. The Balaban J connectivity index is 1.94. The first kappa shape index (κ1) is 19.3. The van der Waals surface area contributed by atoms with Crippen LogP contribution in [-0.4, -0.2) is 16.6 Å². The number of hydrogen-bond donors (Lipinski definition) is 1. The van der Waals surface area contributed by atoms with Crippen LogP contribution in [0.15, 0.2) is 42.7 Å². The van der Waals surface area contributed by atoms with Crippen LogP contribution in [0, 0.1) is 11.8 Å². The van der Waals surface area contributed by atoms with Gasteiger partial charge in [0.25, 0.3) is 0 Å². The van der Waals surface area contributed by atoms with E-state index >= 15 is 0 Å². The number of halogens is 3. The molecule has 0 aliphatic rings. The molecule has 1 N–H and O–H groups in total. The zero-order valence-electron chi connectivity index (χ0n) is 15.6. The van der Waals surface area contributed by atoms with Gasteiger partial charge in [0, 0.05) is 17.8 Å². The second kappa shape index (κ2) is 7.62. The van der Waals surface area contributed by atoms with Crippen molar-refractivity contribution in [2.45, 2.75) is 33.4 Å². The normalized spacial score (nSPS) is 13.3. The lowest BCUT2D eigenvalue weighted by Gasteiger charge is -2.19. The fourth-order valence-electron chi connectivity index (χ4n) is 3.36. The van der Waals surface area contributed by atoms with Crippen molar-refractivity contribution in [1.82, 2.24) is 9.97 Å². The number of pyridine rings is 1. The summed E-state index contributed by atoms with van der Waals surface area (Å²) in [5, 5.41) is 0.782. The molecule has 0 unspecified atom stereocenters. The van der Waals surface area contributed by atoms with E-state index in [-0.39, 0.29) is 18.3 Å². The summed E-state index contributed by atoms with van der Waals surface area (Å²) < 4.78 is 46.5. The van der Waals surface area contributed by atoms with Gasteiger partial charge < -0.3 is 9.72 Å². The number of aromatic amines is 1. The Morgan fingerprint density at radius 1 is 1.11 bits per heavy atom. The number of ether oxygens (including phenoxy) is 1. The predicted molar refractivity (Wildman–Crippen MR) is 101 cm³/mol. The van der Waals surface area contributed by atoms with Crippen LogP contribution in [0.1, 0.15) is 32.8 Å². The van der Waals surface area contributed by atoms with Crippen molar-refractivity contribution in [3.63, 3.8) is 0 Å². The van der Waals surface area contributed by atoms with Crippen LogP contribution in [0.4, 0.5) is 13.2 Å². The van der Waals surface area contributed by atoms with Crippen molar-refractivity contribution in [3.8, 4) is 16.9 Å². The lowest BCUT2D eigenvalue weighted by molar-refractivity contribution is -0.139. The molecule has 1 atom stereocenters. The standard InChI is InChI=1S/C21H23F3N2O/c1-13(2)10-14(3)12-27-19-5-4-15(11-18(19)21(22,23)24)16-6-8-25-20-17(16)7-9-26-20/h4-9,11,13-14H,10,12H2,1-3H3,(H,25,26)/t14-/m0/s1. The summed E-state index contributed by atoms with van der Waals surface area (Å²) >= 11 is 0. The molecule has 0 amide bonds. The van der Waals surface area contributed by atoms with Crippen LogP contribution in [0.3, 0.4) is 0 Å². The van der Waals surface area contributed by atoms with Gasteiger partial charge in [-0.2, -0.15) is 13.2 Å². The van der Waals surface area contributed by atoms with E-state index in [1.54, 1.807) is 24.5 Å². The Morgan fingerprint density at radius 2 is 1.89 bits per heavy atom. The maximum absolute atomic E-state index is 13.6. The molecule has 0 spiro atoms. The van der Waals surface area contributed by atoms with Crippen LogP contribution in [-0.2, 0) is 6.18 Å². The SMILES string of the molecule is CC(C)C[C@H](C)COc1ccc(-c2ccnc3[nH]ccc23)cc1C(F)(F)F. The summed E-state index contributed by atoms with van der Waals surface area (Å²) in [6.45, 7) is 6.42. The Kier molecular flexibility index (Phi) is 5.44. The molecular formula is C21H23F3N2O. The Hall–Kier alpha value is -2.50.